The Morgan fingerprint density at radius 1 is 1.53 bits per heavy atom. The maximum Gasteiger partial charge on any atom is 0.222 e. The number of hydrogen-bond acceptors (Lipinski definition) is 2. The van der Waals surface area contributed by atoms with Gasteiger partial charge in [0.2, 0.25) is 5.91 Å². The summed E-state index contributed by atoms with van der Waals surface area (Å²) in [4.78, 5) is 15.5. The number of carbonyl (C=O) groups excluding carboxylic acids is 1. The highest BCUT2D eigenvalue weighted by molar-refractivity contribution is 5.78. The molecule has 0 N–H and O–H groups in total. The van der Waals surface area contributed by atoms with Crippen molar-refractivity contribution in [2.45, 2.75) is 26.7 Å². The number of carbonyl (C=O) groups is 1. The van der Waals surface area contributed by atoms with Crippen LogP contribution in [0.4, 0.5) is 0 Å². The zero-order valence-electron chi connectivity index (χ0n) is 10.5. The molecule has 1 amide bonds. The molecule has 3 heteroatoms. The molecular formula is C12H24N2O. The normalized spacial score (nSPS) is 22.1. The number of amides is 1. The third-order valence-electron chi connectivity index (χ3n) is 3.08. The summed E-state index contributed by atoms with van der Waals surface area (Å²) < 4.78 is 0. The summed E-state index contributed by atoms with van der Waals surface area (Å²) in [5.74, 6) is 1.61. The summed E-state index contributed by atoms with van der Waals surface area (Å²) in [6, 6.07) is 0. The predicted molar refractivity (Wildman–Crippen MR) is 62.7 cm³/mol. The monoisotopic (exact) mass is 212 g/mol. The van der Waals surface area contributed by atoms with E-state index in [1.165, 1.54) is 6.42 Å². The Hall–Kier alpha value is -0.570. The summed E-state index contributed by atoms with van der Waals surface area (Å²) in [5.41, 5.74) is 0. The molecule has 1 aliphatic rings. The molecule has 1 rings (SSSR count). The van der Waals surface area contributed by atoms with Gasteiger partial charge in [0.05, 0.1) is 0 Å². The zero-order valence-corrected chi connectivity index (χ0v) is 10.5. The fraction of sp³-hybridized carbons (Fsp3) is 0.917. The highest BCUT2D eigenvalue weighted by Gasteiger charge is 2.27. The van der Waals surface area contributed by atoms with E-state index in [4.69, 9.17) is 0 Å². The summed E-state index contributed by atoms with van der Waals surface area (Å²) >= 11 is 0. The molecule has 15 heavy (non-hydrogen) atoms. The van der Waals surface area contributed by atoms with Crippen molar-refractivity contribution in [2.24, 2.45) is 11.8 Å². The van der Waals surface area contributed by atoms with E-state index in [1.807, 2.05) is 11.9 Å². The average molecular weight is 212 g/mol. The van der Waals surface area contributed by atoms with E-state index in [9.17, 15) is 4.79 Å². The third-order valence-corrected chi connectivity index (χ3v) is 3.08. The first-order valence-electron chi connectivity index (χ1n) is 5.91. The lowest BCUT2D eigenvalue weighted by atomic mass is 10.1. The first-order chi connectivity index (χ1) is 6.99. The van der Waals surface area contributed by atoms with Crippen molar-refractivity contribution < 1.29 is 4.79 Å². The summed E-state index contributed by atoms with van der Waals surface area (Å²) in [6.07, 6.45) is 1.98. The minimum absolute atomic E-state index is 0.303. The smallest absolute Gasteiger partial charge is 0.222 e. The molecule has 0 bridgehead atoms. The Bertz CT molecular complexity index is 216. The van der Waals surface area contributed by atoms with Crippen LogP contribution >= 0.6 is 0 Å². The highest BCUT2D eigenvalue weighted by atomic mass is 16.2. The van der Waals surface area contributed by atoms with Crippen molar-refractivity contribution >= 4 is 5.91 Å². The lowest BCUT2D eigenvalue weighted by Crippen LogP contribution is -2.28. The van der Waals surface area contributed by atoms with Crippen LogP contribution in [0.2, 0.25) is 0 Å². The first-order valence-corrected chi connectivity index (χ1v) is 5.91. The molecule has 0 aromatic heterocycles. The molecule has 0 aliphatic carbocycles. The van der Waals surface area contributed by atoms with Crippen LogP contribution in [0.25, 0.3) is 0 Å². The van der Waals surface area contributed by atoms with Crippen LogP contribution in [0, 0.1) is 11.8 Å². The van der Waals surface area contributed by atoms with Crippen molar-refractivity contribution in [3.63, 3.8) is 0 Å². The molecular weight excluding hydrogens is 188 g/mol. The van der Waals surface area contributed by atoms with Crippen LogP contribution < -0.4 is 0 Å². The molecule has 1 fully saturated rings. The van der Waals surface area contributed by atoms with Gasteiger partial charge in [-0.1, -0.05) is 13.8 Å². The van der Waals surface area contributed by atoms with Gasteiger partial charge in [-0.15, -0.1) is 0 Å². The second-order valence-electron chi connectivity index (χ2n) is 5.29. The Kier molecular flexibility index (Phi) is 4.58. The average Bonchev–Trinajstić information content (AvgIpc) is 2.42. The van der Waals surface area contributed by atoms with E-state index >= 15 is 0 Å². The largest absolute Gasteiger partial charge is 0.345 e. The molecule has 0 aromatic carbocycles. The number of rotatable bonds is 5. The van der Waals surface area contributed by atoms with Crippen molar-refractivity contribution in [3.05, 3.63) is 0 Å². The zero-order chi connectivity index (χ0) is 11.4. The van der Waals surface area contributed by atoms with Gasteiger partial charge >= 0.3 is 0 Å². The molecule has 0 radical (unpaired) electrons. The summed E-state index contributed by atoms with van der Waals surface area (Å²) in [7, 11) is 4.06. The van der Waals surface area contributed by atoms with Gasteiger partial charge in [-0.3, -0.25) is 4.79 Å². The maximum atomic E-state index is 11.3. The van der Waals surface area contributed by atoms with Gasteiger partial charge in [0.1, 0.15) is 0 Å². The standard InChI is InChI=1S/C12H24N2O/c1-10(2)5-6-13(3)8-11-7-12(15)14(4)9-11/h10-11H,5-9H2,1-4H3/t11-/m1/s1. The Morgan fingerprint density at radius 3 is 2.67 bits per heavy atom. The minimum atomic E-state index is 0.303. The Labute approximate surface area is 93.4 Å². The van der Waals surface area contributed by atoms with E-state index in [1.54, 1.807) is 0 Å². The van der Waals surface area contributed by atoms with E-state index in [0.29, 0.717) is 11.8 Å². The Balaban J connectivity index is 2.21. The lowest BCUT2D eigenvalue weighted by molar-refractivity contribution is -0.126. The number of likely N-dealkylation sites (tertiary alicyclic amines) is 1. The Morgan fingerprint density at radius 2 is 2.20 bits per heavy atom. The van der Waals surface area contributed by atoms with E-state index in [0.717, 1.165) is 32.0 Å². The molecule has 1 atom stereocenters. The lowest BCUT2D eigenvalue weighted by Gasteiger charge is -2.21. The number of nitrogens with zero attached hydrogens (tertiary/aromatic N) is 2. The second-order valence-corrected chi connectivity index (χ2v) is 5.29. The van der Waals surface area contributed by atoms with Gasteiger partial charge in [0, 0.05) is 26.6 Å². The molecule has 1 heterocycles. The third kappa shape index (κ3) is 4.20. The van der Waals surface area contributed by atoms with Gasteiger partial charge in [0.15, 0.2) is 0 Å². The van der Waals surface area contributed by atoms with Crippen molar-refractivity contribution in [1.82, 2.24) is 9.80 Å². The molecule has 0 spiro atoms. The maximum absolute atomic E-state index is 11.3. The van der Waals surface area contributed by atoms with Crippen LogP contribution in [-0.4, -0.2) is 49.4 Å². The van der Waals surface area contributed by atoms with Crippen LogP contribution in [0.3, 0.4) is 0 Å². The molecule has 3 nitrogen and oxygen atoms in total. The van der Waals surface area contributed by atoms with Crippen LogP contribution in [0.1, 0.15) is 26.7 Å². The fourth-order valence-electron chi connectivity index (χ4n) is 2.09. The first kappa shape index (κ1) is 12.5. The van der Waals surface area contributed by atoms with Crippen molar-refractivity contribution in [2.75, 3.05) is 33.7 Å². The van der Waals surface area contributed by atoms with E-state index in [2.05, 4.69) is 25.8 Å². The van der Waals surface area contributed by atoms with Gasteiger partial charge in [-0.25, -0.2) is 0 Å². The van der Waals surface area contributed by atoms with Gasteiger partial charge in [-0.05, 0) is 31.8 Å². The highest BCUT2D eigenvalue weighted by Crippen LogP contribution is 2.17. The van der Waals surface area contributed by atoms with Gasteiger partial charge < -0.3 is 9.80 Å². The van der Waals surface area contributed by atoms with Crippen molar-refractivity contribution in [1.29, 1.82) is 0 Å². The van der Waals surface area contributed by atoms with E-state index in [-0.39, 0.29) is 0 Å². The fourth-order valence-corrected chi connectivity index (χ4v) is 2.09. The molecule has 1 saturated heterocycles. The molecule has 0 unspecified atom stereocenters. The summed E-state index contributed by atoms with van der Waals surface area (Å²) in [6.45, 7) is 7.64. The van der Waals surface area contributed by atoms with Crippen LogP contribution in [0.15, 0.2) is 0 Å². The van der Waals surface area contributed by atoms with Crippen LogP contribution in [-0.2, 0) is 4.79 Å². The molecule has 0 aromatic rings. The van der Waals surface area contributed by atoms with Crippen molar-refractivity contribution in [3.8, 4) is 0 Å². The van der Waals surface area contributed by atoms with Crippen LogP contribution in [0.5, 0.6) is 0 Å². The van der Waals surface area contributed by atoms with E-state index < -0.39 is 0 Å². The minimum Gasteiger partial charge on any atom is -0.345 e. The van der Waals surface area contributed by atoms with Gasteiger partial charge in [-0.2, -0.15) is 0 Å². The SMILES string of the molecule is CC(C)CCN(C)C[C@H]1CC(=O)N(C)C1. The molecule has 88 valence electrons. The molecule has 0 saturated carbocycles. The van der Waals surface area contributed by atoms with Gasteiger partial charge in [0.25, 0.3) is 0 Å². The summed E-state index contributed by atoms with van der Waals surface area (Å²) in [5, 5.41) is 0. The predicted octanol–water partition coefficient (Wildman–Crippen LogP) is 1.44. The quantitative estimate of drug-likeness (QED) is 0.688. The topological polar surface area (TPSA) is 23.6 Å². The number of hydrogen-bond donors (Lipinski definition) is 0. The molecule has 1 aliphatic heterocycles. The second kappa shape index (κ2) is 5.50.